The second-order valence-corrected chi connectivity index (χ2v) is 4.93. The highest BCUT2D eigenvalue weighted by molar-refractivity contribution is 5.81. The van der Waals surface area contributed by atoms with Gasteiger partial charge in [-0.25, -0.2) is 4.98 Å². The predicted octanol–water partition coefficient (Wildman–Crippen LogP) is 2.39. The van der Waals surface area contributed by atoms with Crippen LogP contribution >= 0.6 is 0 Å². The molecule has 0 saturated heterocycles. The summed E-state index contributed by atoms with van der Waals surface area (Å²) in [7, 11) is 0. The van der Waals surface area contributed by atoms with Crippen LogP contribution in [0.2, 0.25) is 0 Å². The van der Waals surface area contributed by atoms with Gasteiger partial charge in [-0.15, -0.1) is 0 Å². The molecule has 0 bridgehead atoms. The molecule has 0 unspecified atom stereocenters. The number of para-hydroxylation sites is 2. The summed E-state index contributed by atoms with van der Waals surface area (Å²) in [5, 5.41) is 0. The smallest absolute Gasteiger partial charge is 0.231 e. The summed E-state index contributed by atoms with van der Waals surface area (Å²) in [5.74, 6) is 2.44. The van der Waals surface area contributed by atoms with Gasteiger partial charge in [0.15, 0.2) is 11.5 Å². The number of hydrogen-bond donors (Lipinski definition) is 1. The number of nitrogens with zero attached hydrogens (tertiary/aromatic N) is 2. The first-order valence-corrected chi connectivity index (χ1v) is 6.92. The first-order chi connectivity index (χ1) is 10.4. The Kier molecular flexibility index (Phi) is 2.79. The lowest BCUT2D eigenvalue weighted by Gasteiger charge is -2.08. The maximum absolute atomic E-state index is 5.75. The second-order valence-electron chi connectivity index (χ2n) is 4.93. The Morgan fingerprint density at radius 1 is 1.10 bits per heavy atom. The molecule has 0 atom stereocenters. The Balaban J connectivity index is 1.91. The van der Waals surface area contributed by atoms with Crippen molar-refractivity contribution >= 4 is 11.0 Å². The molecule has 0 saturated carbocycles. The SMILES string of the molecule is NCCn1c(-c2ccc3c(c2)OCO3)nc2ccccc21. The van der Waals surface area contributed by atoms with E-state index in [4.69, 9.17) is 20.2 Å². The first-order valence-electron chi connectivity index (χ1n) is 6.92. The molecule has 4 rings (SSSR count). The quantitative estimate of drug-likeness (QED) is 0.800. The fraction of sp³-hybridized carbons (Fsp3) is 0.188. The Hall–Kier alpha value is -2.53. The largest absolute Gasteiger partial charge is 0.454 e. The molecular weight excluding hydrogens is 266 g/mol. The van der Waals surface area contributed by atoms with Crippen molar-refractivity contribution in [3.63, 3.8) is 0 Å². The molecular formula is C16H15N3O2. The number of benzene rings is 2. The van der Waals surface area contributed by atoms with Crippen molar-refractivity contribution < 1.29 is 9.47 Å². The van der Waals surface area contributed by atoms with E-state index in [1.165, 1.54) is 0 Å². The van der Waals surface area contributed by atoms with Gasteiger partial charge in [-0.05, 0) is 30.3 Å². The number of rotatable bonds is 3. The highest BCUT2D eigenvalue weighted by Gasteiger charge is 2.17. The minimum atomic E-state index is 0.276. The van der Waals surface area contributed by atoms with E-state index in [0.29, 0.717) is 6.54 Å². The zero-order chi connectivity index (χ0) is 14.2. The summed E-state index contributed by atoms with van der Waals surface area (Å²) < 4.78 is 13.0. The average molecular weight is 281 g/mol. The van der Waals surface area contributed by atoms with Crippen LogP contribution in [0, 0.1) is 0 Å². The lowest BCUT2D eigenvalue weighted by atomic mass is 10.2. The third-order valence-corrected chi connectivity index (χ3v) is 3.64. The van der Waals surface area contributed by atoms with Crippen LogP contribution in [0.15, 0.2) is 42.5 Å². The minimum absolute atomic E-state index is 0.276. The summed E-state index contributed by atoms with van der Waals surface area (Å²) >= 11 is 0. The molecule has 1 aliphatic heterocycles. The van der Waals surface area contributed by atoms with Gasteiger partial charge in [0.05, 0.1) is 11.0 Å². The third kappa shape index (κ3) is 1.94. The summed E-state index contributed by atoms with van der Waals surface area (Å²) in [4.78, 5) is 4.74. The zero-order valence-electron chi connectivity index (χ0n) is 11.5. The van der Waals surface area contributed by atoms with E-state index in [9.17, 15) is 0 Å². The third-order valence-electron chi connectivity index (χ3n) is 3.64. The molecule has 106 valence electrons. The summed E-state index contributed by atoms with van der Waals surface area (Å²) in [5.41, 5.74) is 8.82. The highest BCUT2D eigenvalue weighted by atomic mass is 16.7. The molecule has 2 heterocycles. The molecule has 0 spiro atoms. The van der Waals surface area contributed by atoms with E-state index < -0.39 is 0 Å². The van der Waals surface area contributed by atoms with Gasteiger partial charge in [0.2, 0.25) is 6.79 Å². The van der Waals surface area contributed by atoms with E-state index in [-0.39, 0.29) is 6.79 Å². The van der Waals surface area contributed by atoms with Crippen molar-refractivity contribution in [3.8, 4) is 22.9 Å². The van der Waals surface area contributed by atoms with Gasteiger partial charge in [0, 0.05) is 18.7 Å². The molecule has 0 radical (unpaired) electrons. The number of imidazole rings is 1. The minimum Gasteiger partial charge on any atom is -0.454 e. The van der Waals surface area contributed by atoms with Crippen LogP contribution in [0.5, 0.6) is 11.5 Å². The fourth-order valence-electron chi connectivity index (χ4n) is 2.69. The maximum Gasteiger partial charge on any atom is 0.231 e. The van der Waals surface area contributed by atoms with Crippen molar-refractivity contribution in [1.82, 2.24) is 9.55 Å². The monoisotopic (exact) mass is 281 g/mol. The standard InChI is InChI=1S/C16H15N3O2/c17-7-8-19-13-4-2-1-3-12(13)18-16(19)11-5-6-14-15(9-11)21-10-20-14/h1-6,9H,7-8,10,17H2. The lowest BCUT2D eigenvalue weighted by Crippen LogP contribution is -2.10. The van der Waals surface area contributed by atoms with Gasteiger partial charge in [-0.2, -0.15) is 0 Å². The van der Waals surface area contributed by atoms with Crippen LogP contribution in [0.25, 0.3) is 22.4 Å². The topological polar surface area (TPSA) is 62.3 Å². The fourth-order valence-corrected chi connectivity index (χ4v) is 2.69. The second kappa shape index (κ2) is 4.79. The molecule has 0 fully saturated rings. The number of aromatic nitrogens is 2. The number of hydrogen-bond acceptors (Lipinski definition) is 4. The Bertz CT molecular complexity index is 810. The van der Waals surface area contributed by atoms with Crippen molar-refractivity contribution in [3.05, 3.63) is 42.5 Å². The molecule has 5 nitrogen and oxygen atoms in total. The van der Waals surface area contributed by atoms with Gasteiger partial charge in [-0.3, -0.25) is 0 Å². The molecule has 2 aromatic carbocycles. The Morgan fingerprint density at radius 2 is 1.95 bits per heavy atom. The molecule has 0 amide bonds. The summed E-state index contributed by atoms with van der Waals surface area (Å²) in [6, 6.07) is 14.0. The summed E-state index contributed by atoms with van der Waals surface area (Å²) in [6.45, 7) is 1.57. The number of nitrogens with two attached hydrogens (primary N) is 1. The molecule has 1 aromatic heterocycles. The van der Waals surface area contributed by atoms with Gasteiger partial charge < -0.3 is 19.8 Å². The van der Waals surface area contributed by atoms with E-state index in [0.717, 1.165) is 40.5 Å². The van der Waals surface area contributed by atoms with E-state index >= 15 is 0 Å². The van der Waals surface area contributed by atoms with Gasteiger partial charge in [0.25, 0.3) is 0 Å². The maximum atomic E-state index is 5.75. The van der Waals surface area contributed by atoms with Gasteiger partial charge in [0.1, 0.15) is 5.82 Å². The lowest BCUT2D eigenvalue weighted by molar-refractivity contribution is 0.174. The highest BCUT2D eigenvalue weighted by Crippen LogP contribution is 2.36. The van der Waals surface area contributed by atoms with Crippen molar-refractivity contribution in [2.75, 3.05) is 13.3 Å². The van der Waals surface area contributed by atoms with Crippen molar-refractivity contribution in [2.45, 2.75) is 6.54 Å². The molecule has 2 N–H and O–H groups in total. The van der Waals surface area contributed by atoms with E-state index in [1.54, 1.807) is 0 Å². The van der Waals surface area contributed by atoms with Crippen LogP contribution in [0.3, 0.4) is 0 Å². The van der Waals surface area contributed by atoms with Crippen molar-refractivity contribution in [1.29, 1.82) is 0 Å². The molecule has 5 heteroatoms. The zero-order valence-corrected chi connectivity index (χ0v) is 11.5. The van der Waals surface area contributed by atoms with Crippen LogP contribution < -0.4 is 15.2 Å². The van der Waals surface area contributed by atoms with E-state index in [1.807, 2.05) is 36.4 Å². The predicted molar refractivity (Wildman–Crippen MR) is 80.3 cm³/mol. The van der Waals surface area contributed by atoms with E-state index in [2.05, 4.69) is 10.6 Å². The van der Waals surface area contributed by atoms with Gasteiger partial charge >= 0.3 is 0 Å². The first kappa shape index (κ1) is 12.2. The Labute approximate surface area is 121 Å². The van der Waals surface area contributed by atoms with Crippen LogP contribution in [-0.4, -0.2) is 22.9 Å². The molecule has 1 aliphatic rings. The Morgan fingerprint density at radius 3 is 2.86 bits per heavy atom. The molecule has 3 aromatic rings. The van der Waals surface area contributed by atoms with Gasteiger partial charge in [-0.1, -0.05) is 12.1 Å². The average Bonchev–Trinajstić information content (AvgIpc) is 3.11. The number of ether oxygens (including phenoxy) is 2. The van der Waals surface area contributed by atoms with Crippen LogP contribution in [0.4, 0.5) is 0 Å². The van der Waals surface area contributed by atoms with Crippen molar-refractivity contribution in [2.24, 2.45) is 5.73 Å². The number of fused-ring (bicyclic) bond motifs is 2. The normalized spacial score (nSPS) is 13.0. The summed E-state index contributed by atoms with van der Waals surface area (Å²) in [6.07, 6.45) is 0. The molecule has 21 heavy (non-hydrogen) atoms. The van der Waals surface area contributed by atoms with Crippen LogP contribution in [-0.2, 0) is 6.54 Å². The molecule has 0 aliphatic carbocycles. The van der Waals surface area contributed by atoms with Crippen LogP contribution in [0.1, 0.15) is 0 Å².